The second-order valence-corrected chi connectivity index (χ2v) is 5.76. The van der Waals surface area contributed by atoms with Gasteiger partial charge in [-0.05, 0) is 30.5 Å². The maximum absolute atomic E-state index is 5.11. The van der Waals surface area contributed by atoms with Crippen molar-refractivity contribution in [1.29, 1.82) is 0 Å². The number of ether oxygens (including phenoxy) is 1. The Bertz CT molecular complexity index is 363. The van der Waals surface area contributed by atoms with E-state index in [1.807, 2.05) is 0 Å². The first-order chi connectivity index (χ1) is 8.27. The van der Waals surface area contributed by atoms with Crippen LogP contribution in [0.15, 0.2) is 28.7 Å². The van der Waals surface area contributed by atoms with Crippen LogP contribution in [0.4, 0.5) is 0 Å². The van der Waals surface area contributed by atoms with E-state index in [0.717, 1.165) is 26.1 Å². The van der Waals surface area contributed by atoms with Crippen LogP contribution in [0.2, 0.25) is 0 Å². The van der Waals surface area contributed by atoms with Gasteiger partial charge in [0.15, 0.2) is 0 Å². The van der Waals surface area contributed by atoms with Crippen LogP contribution in [-0.4, -0.2) is 26.8 Å². The quantitative estimate of drug-likeness (QED) is 0.815. The molecule has 1 heterocycles. The average molecular weight is 298 g/mol. The molecule has 0 aliphatic carbocycles. The fourth-order valence-electron chi connectivity index (χ4n) is 2.48. The first kappa shape index (κ1) is 13.1. The minimum absolute atomic E-state index is 0.359. The lowest BCUT2D eigenvalue weighted by molar-refractivity contribution is 0.181. The Morgan fingerprint density at radius 2 is 2.18 bits per heavy atom. The summed E-state index contributed by atoms with van der Waals surface area (Å²) in [5.74, 6) is 0. The molecule has 2 nitrogen and oxygen atoms in total. The zero-order valence-corrected chi connectivity index (χ0v) is 11.9. The molecule has 1 saturated heterocycles. The number of hydrogen-bond donors (Lipinski definition) is 1. The van der Waals surface area contributed by atoms with Gasteiger partial charge in [-0.25, -0.2) is 0 Å². The molecule has 1 aromatic rings. The molecule has 94 valence electrons. The molecule has 0 atom stereocenters. The summed E-state index contributed by atoms with van der Waals surface area (Å²) in [6, 6.07) is 8.74. The molecule has 1 fully saturated rings. The van der Waals surface area contributed by atoms with Gasteiger partial charge in [-0.2, -0.15) is 0 Å². The van der Waals surface area contributed by atoms with Crippen molar-refractivity contribution in [3.05, 3.63) is 34.3 Å². The van der Waals surface area contributed by atoms with Gasteiger partial charge in [0.1, 0.15) is 0 Å². The third-order valence-electron chi connectivity index (χ3n) is 3.62. The van der Waals surface area contributed by atoms with E-state index in [-0.39, 0.29) is 0 Å². The molecule has 0 aromatic heterocycles. The Labute approximate surface area is 112 Å². The third-order valence-corrected chi connectivity index (χ3v) is 4.11. The molecule has 17 heavy (non-hydrogen) atoms. The van der Waals surface area contributed by atoms with Crippen LogP contribution in [0.1, 0.15) is 24.8 Å². The van der Waals surface area contributed by atoms with E-state index in [1.165, 1.54) is 22.9 Å². The highest BCUT2D eigenvalue weighted by atomic mass is 79.9. The highest BCUT2D eigenvalue weighted by Gasteiger charge is 2.37. The molecule has 1 N–H and O–H groups in total. The first-order valence-corrected chi connectivity index (χ1v) is 7.02. The second-order valence-electron chi connectivity index (χ2n) is 4.84. The zero-order valence-electron chi connectivity index (χ0n) is 10.3. The molecule has 0 amide bonds. The van der Waals surface area contributed by atoms with Crippen LogP contribution in [0.25, 0.3) is 0 Å². The molecule has 0 bridgehead atoms. The summed E-state index contributed by atoms with van der Waals surface area (Å²) in [6.45, 7) is 3.09. The predicted molar refractivity (Wildman–Crippen MR) is 74.4 cm³/mol. The van der Waals surface area contributed by atoms with E-state index < -0.39 is 0 Å². The maximum atomic E-state index is 5.11. The minimum Gasteiger partial charge on any atom is -0.385 e. The van der Waals surface area contributed by atoms with E-state index in [4.69, 9.17) is 4.74 Å². The number of hydrogen-bond acceptors (Lipinski definition) is 2. The van der Waals surface area contributed by atoms with Crippen molar-refractivity contribution in [2.24, 2.45) is 0 Å². The maximum Gasteiger partial charge on any atom is 0.0462 e. The van der Waals surface area contributed by atoms with Crippen molar-refractivity contribution >= 4 is 15.9 Å². The lowest BCUT2D eigenvalue weighted by Crippen LogP contribution is -2.56. The van der Waals surface area contributed by atoms with Crippen LogP contribution < -0.4 is 5.32 Å². The molecule has 0 saturated carbocycles. The minimum atomic E-state index is 0.359. The molecule has 1 aliphatic rings. The summed E-state index contributed by atoms with van der Waals surface area (Å²) < 4.78 is 6.29. The van der Waals surface area contributed by atoms with Gasteiger partial charge in [-0.1, -0.05) is 34.5 Å². The van der Waals surface area contributed by atoms with Gasteiger partial charge in [0.25, 0.3) is 0 Å². The summed E-state index contributed by atoms with van der Waals surface area (Å²) in [4.78, 5) is 0. The van der Waals surface area contributed by atoms with Gasteiger partial charge in [-0.15, -0.1) is 0 Å². The standard InChI is InChI=1S/C14H20BrNO/c1-17-8-3-2-7-14(10-16-11-14)12-5-4-6-13(15)9-12/h4-6,9,16H,2-3,7-8,10-11H2,1H3. The van der Waals surface area contributed by atoms with Crippen molar-refractivity contribution in [3.8, 4) is 0 Å². The molecule has 1 aromatic carbocycles. The van der Waals surface area contributed by atoms with E-state index in [1.54, 1.807) is 7.11 Å². The van der Waals surface area contributed by atoms with E-state index in [2.05, 4.69) is 45.5 Å². The number of benzene rings is 1. The molecule has 0 radical (unpaired) electrons. The van der Waals surface area contributed by atoms with Gasteiger partial charge in [0, 0.05) is 36.7 Å². The zero-order chi connectivity index (χ0) is 12.1. The topological polar surface area (TPSA) is 21.3 Å². The lowest BCUT2D eigenvalue weighted by atomic mass is 9.72. The first-order valence-electron chi connectivity index (χ1n) is 6.23. The van der Waals surface area contributed by atoms with Crippen LogP contribution in [0.5, 0.6) is 0 Å². The van der Waals surface area contributed by atoms with Crippen molar-refractivity contribution in [2.75, 3.05) is 26.8 Å². The Kier molecular flexibility index (Phi) is 4.60. The van der Waals surface area contributed by atoms with Crippen LogP contribution in [0, 0.1) is 0 Å². The summed E-state index contributed by atoms with van der Waals surface area (Å²) in [6.07, 6.45) is 3.65. The summed E-state index contributed by atoms with van der Waals surface area (Å²) in [5.41, 5.74) is 1.82. The summed E-state index contributed by atoms with van der Waals surface area (Å²) in [5, 5.41) is 3.41. The van der Waals surface area contributed by atoms with Crippen molar-refractivity contribution in [2.45, 2.75) is 24.7 Å². The molecular weight excluding hydrogens is 278 g/mol. The van der Waals surface area contributed by atoms with Gasteiger partial charge in [0.05, 0.1) is 0 Å². The van der Waals surface area contributed by atoms with Gasteiger partial charge < -0.3 is 10.1 Å². The van der Waals surface area contributed by atoms with Gasteiger partial charge in [0.2, 0.25) is 0 Å². The van der Waals surface area contributed by atoms with Crippen molar-refractivity contribution in [3.63, 3.8) is 0 Å². The Hall–Kier alpha value is -0.380. The molecule has 1 aliphatic heterocycles. The van der Waals surface area contributed by atoms with Crippen molar-refractivity contribution < 1.29 is 4.74 Å². The van der Waals surface area contributed by atoms with Crippen molar-refractivity contribution in [1.82, 2.24) is 5.32 Å². The number of methoxy groups -OCH3 is 1. The third kappa shape index (κ3) is 3.09. The largest absolute Gasteiger partial charge is 0.385 e. The SMILES string of the molecule is COCCCCC1(c2cccc(Br)c2)CNC1. The van der Waals surface area contributed by atoms with Gasteiger partial charge >= 0.3 is 0 Å². The van der Waals surface area contributed by atoms with Crippen LogP contribution in [-0.2, 0) is 10.2 Å². The van der Waals surface area contributed by atoms with E-state index >= 15 is 0 Å². The molecule has 3 heteroatoms. The fourth-order valence-corrected chi connectivity index (χ4v) is 2.88. The second kappa shape index (κ2) is 5.98. The van der Waals surface area contributed by atoms with Gasteiger partial charge in [-0.3, -0.25) is 0 Å². The fraction of sp³-hybridized carbons (Fsp3) is 0.571. The Balaban J connectivity index is 1.99. The number of nitrogens with one attached hydrogen (secondary N) is 1. The molecule has 0 unspecified atom stereocenters. The summed E-state index contributed by atoms with van der Waals surface area (Å²) in [7, 11) is 1.77. The molecular formula is C14H20BrNO. The summed E-state index contributed by atoms with van der Waals surface area (Å²) >= 11 is 3.56. The normalized spacial score (nSPS) is 17.8. The molecule has 2 rings (SSSR count). The number of unbranched alkanes of at least 4 members (excludes halogenated alkanes) is 1. The highest BCUT2D eigenvalue weighted by molar-refractivity contribution is 9.10. The van der Waals surface area contributed by atoms with E-state index in [9.17, 15) is 0 Å². The molecule has 0 spiro atoms. The van der Waals surface area contributed by atoms with E-state index in [0.29, 0.717) is 5.41 Å². The highest BCUT2D eigenvalue weighted by Crippen LogP contribution is 2.35. The van der Waals surface area contributed by atoms with Crippen LogP contribution in [0.3, 0.4) is 0 Å². The average Bonchev–Trinajstić information content (AvgIpc) is 2.27. The Morgan fingerprint density at radius 3 is 2.76 bits per heavy atom. The monoisotopic (exact) mass is 297 g/mol. The van der Waals surface area contributed by atoms with Crippen LogP contribution >= 0.6 is 15.9 Å². The smallest absolute Gasteiger partial charge is 0.0462 e. The number of halogens is 1. The predicted octanol–water partition coefficient (Wildman–Crippen LogP) is 3.11. The Morgan fingerprint density at radius 1 is 1.35 bits per heavy atom. The number of rotatable bonds is 6. The lowest BCUT2D eigenvalue weighted by Gasteiger charge is -2.43.